The third kappa shape index (κ3) is 5.27. The van der Waals surface area contributed by atoms with Crippen molar-refractivity contribution in [2.75, 3.05) is 17.2 Å². The Bertz CT molecular complexity index is 1240. The van der Waals surface area contributed by atoms with Gasteiger partial charge in [0.15, 0.2) is 9.47 Å². The number of anilines is 1. The fourth-order valence-corrected chi connectivity index (χ4v) is 7.22. The normalized spacial score (nSPS) is 14.4. The molecule has 1 aliphatic carbocycles. The topological polar surface area (TPSA) is 46.1 Å². The zero-order valence-corrected chi connectivity index (χ0v) is 21.4. The van der Waals surface area contributed by atoms with Crippen molar-refractivity contribution in [3.05, 3.63) is 72.1 Å². The lowest BCUT2D eigenvalue weighted by molar-refractivity contribution is -0.116. The van der Waals surface area contributed by atoms with Crippen LogP contribution in [0.2, 0.25) is 0 Å². The molecule has 0 unspecified atom stereocenters. The van der Waals surface area contributed by atoms with E-state index in [4.69, 9.17) is 4.98 Å². The molecular weight excluding hydrogens is 479 g/mol. The molecule has 1 aliphatic rings. The summed E-state index contributed by atoms with van der Waals surface area (Å²) in [5, 5.41) is 2.75. The van der Waals surface area contributed by atoms with E-state index in [2.05, 4.69) is 41.9 Å². The van der Waals surface area contributed by atoms with Crippen LogP contribution in [-0.2, 0) is 4.79 Å². The van der Waals surface area contributed by atoms with Crippen molar-refractivity contribution >= 4 is 55.7 Å². The first kappa shape index (κ1) is 23.3. The van der Waals surface area contributed by atoms with E-state index in [1.165, 1.54) is 60.8 Å². The van der Waals surface area contributed by atoms with Crippen molar-refractivity contribution < 1.29 is 4.79 Å². The van der Waals surface area contributed by atoms with Crippen molar-refractivity contribution in [1.29, 1.82) is 0 Å². The number of carbonyl (C=O) groups is 1. The Morgan fingerprint density at radius 1 is 1.09 bits per heavy atom. The van der Waals surface area contributed by atoms with Gasteiger partial charge in [0, 0.05) is 17.5 Å². The van der Waals surface area contributed by atoms with Crippen LogP contribution in [0.4, 0.5) is 5.13 Å². The highest BCUT2D eigenvalue weighted by Gasteiger charge is 2.20. The Morgan fingerprint density at radius 2 is 1.88 bits per heavy atom. The summed E-state index contributed by atoms with van der Waals surface area (Å²) < 4.78 is 2.05. The zero-order chi connectivity index (χ0) is 23.3. The number of benzene rings is 2. The van der Waals surface area contributed by atoms with Gasteiger partial charge >= 0.3 is 0 Å². The van der Waals surface area contributed by atoms with Gasteiger partial charge in [-0.2, -0.15) is 0 Å². The molecule has 1 amide bonds. The third-order valence-corrected chi connectivity index (χ3v) is 9.24. The van der Waals surface area contributed by atoms with Gasteiger partial charge < -0.3 is 0 Å². The second-order valence-corrected chi connectivity index (χ2v) is 11.6. The first-order valence-electron chi connectivity index (χ1n) is 11.7. The number of thiazole rings is 2. The van der Waals surface area contributed by atoms with Crippen molar-refractivity contribution in [1.82, 2.24) is 9.97 Å². The number of thioether (sulfide) groups is 1. The average molecular weight is 506 g/mol. The predicted octanol–water partition coefficient (Wildman–Crippen LogP) is 7.78. The molecule has 0 bridgehead atoms. The Labute approximate surface area is 212 Å². The summed E-state index contributed by atoms with van der Waals surface area (Å²) in [5.74, 6) is 1.03. The first-order valence-corrected chi connectivity index (χ1v) is 14.3. The van der Waals surface area contributed by atoms with Gasteiger partial charge in [-0.1, -0.05) is 73.5 Å². The molecule has 7 heteroatoms. The predicted molar refractivity (Wildman–Crippen MR) is 146 cm³/mol. The third-order valence-electron chi connectivity index (χ3n) is 6.21. The number of hydrogen-bond donors (Lipinski definition) is 0. The lowest BCUT2D eigenvalue weighted by Crippen LogP contribution is -2.32. The lowest BCUT2D eigenvalue weighted by atomic mass is 9.84. The number of carbonyl (C=O) groups excluding carboxylic acids is 1. The van der Waals surface area contributed by atoms with Gasteiger partial charge in [0.25, 0.3) is 0 Å². The SMILES string of the molecule is C=CCN(C(=O)CSc1nc2ccccc2s1)c1nc(-c2ccc(C3CCCCC3)cc2)cs1. The molecule has 0 N–H and O–H groups in total. The smallest absolute Gasteiger partial charge is 0.239 e. The van der Waals surface area contributed by atoms with Crippen LogP contribution in [0.5, 0.6) is 0 Å². The number of nitrogens with zero attached hydrogens (tertiary/aromatic N) is 3. The minimum Gasteiger partial charge on any atom is -0.284 e. The molecule has 0 atom stereocenters. The number of para-hydroxylation sites is 1. The summed E-state index contributed by atoms with van der Waals surface area (Å²) in [6.07, 6.45) is 8.40. The maximum Gasteiger partial charge on any atom is 0.239 e. The van der Waals surface area contributed by atoms with E-state index in [1.807, 2.05) is 23.6 Å². The van der Waals surface area contributed by atoms with Crippen LogP contribution in [0, 0.1) is 0 Å². The van der Waals surface area contributed by atoms with Crippen LogP contribution in [0.25, 0.3) is 21.5 Å². The molecule has 2 heterocycles. The van der Waals surface area contributed by atoms with E-state index in [0.717, 1.165) is 25.8 Å². The van der Waals surface area contributed by atoms with Crippen LogP contribution in [0.3, 0.4) is 0 Å². The molecule has 0 aliphatic heterocycles. The van der Waals surface area contributed by atoms with Gasteiger partial charge in [0.2, 0.25) is 5.91 Å². The number of rotatable bonds is 8. The van der Waals surface area contributed by atoms with Crippen molar-refractivity contribution in [3.8, 4) is 11.3 Å². The van der Waals surface area contributed by atoms with Gasteiger partial charge in [-0.15, -0.1) is 29.3 Å². The molecule has 4 aromatic rings. The van der Waals surface area contributed by atoms with Crippen molar-refractivity contribution in [2.45, 2.75) is 42.4 Å². The van der Waals surface area contributed by atoms with E-state index in [0.29, 0.717) is 23.3 Å². The minimum absolute atomic E-state index is 0.0118. The van der Waals surface area contributed by atoms with E-state index in [1.54, 1.807) is 22.3 Å². The quantitative estimate of drug-likeness (QED) is 0.181. The van der Waals surface area contributed by atoms with Crippen LogP contribution in [0.1, 0.15) is 43.6 Å². The van der Waals surface area contributed by atoms with Crippen molar-refractivity contribution in [2.24, 2.45) is 0 Å². The largest absolute Gasteiger partial charge is 0.284 e. The molecule has 1 saturated carbocycles. The highest BCUT2D eigenvalue weighted by atomic mass is 32.2. The molecule has 2 aromatic carbocycles. The van der Waals surface area contributed by atoms with Gasteiger partial charge in [-0.3, -0.25) is 9.69 Å². The summed E-state index contributed by atoms with van der Waals surface area (Å²) >= 11 is 4.60. The van der Waals surface area contributed by atoms with E-state index in [9.17, 15) is 4.79 Å². The summed E-state index contributed by atoms with van der Waals surface area (Å²) in [6, 6.07) is 16.9. The first-order chi connectivity index (χ1) is 16.7. The Balaban J connectivity index is 1.27. The summed E-state index contributed by atoms with van der Waals surface area (Å²) in [6.45, 7) is 4.28. The molecule has 174 valence electrons. The molecule has 1 fully saturated rings. The second kappa shape index (κ2) is 10.8. The molecular formula is C27H27N3OS3. The molecule has 34 heavy (non-hydrogen) atoms. The fourth-order valence-electron chi connectivity index (χ4n) is 4.41. The monoisotopic (exact) mass is 505 g/mol. The van der Waals surface area contributed by atoms with E-state index in [-0.39, 0.29) is 5.91 Å². The molecule has 0 radical (unpaired) electrons. The fraction of sp³-hybridized carbons (Fsp3) is 0.296. The highest BCUT2D eigenvalue weighted by Crippen LogP contribution is 2.35. The molecule has 0 spiro atoms. The van der Waals surface area contributed by atoms with Gasteiger partial charge in [-0.05, 0) is 36.5 Å². The molecule has 4 nitrogen and oxygen atoms in total. The number of fused-ring (bicyclic) bond motifs is 1. The number of aromatic nitrogens is 2. The zero-order valence-electron chi connectivity index (χ0n) is 19.0. The van der Waals surface area contributed by atoms with Crippen LogP contribution in [-0.4, -0.2) is 28.2 Å². The van der Waals surface area contributed by atoms with Gasteiger partial charge in [0.05, 0.1) is 21.7 Å². The van der Waals surface area contributed by atoms with Crippen LogP contribution < -0.4 is 4.90 Å². The molecule has 0 saturated heterocycles. The highest BCUT2D eigenvalue weighted by molar-refractivity contribution is 8.01. The second-order valence-electron chi connectivity index (χ2n) is 8.50. The van der Waals surface area contributed by atoms with Crippen LogP contribution in [0.15, 0.2) is 70.9 Å². The maximum absolute atomic E-state index is 13.1. The molecule has 5 rings (SSSR count). The average Bonchev–Trinajstić information content (AvgIpc) is 3.54. The lowest BCUT2D eigenvalue weighted by Gasteiger charge is -2.22. The Kier molecular flexibility index (Phi) is 7.42. The van der Waals surface area contributed by atoms with Crippen LogP contribution >= 0.6 is 34.4 Å². The van der Waals surface area contributed by atoms with Crippen molar-refractivity contribution in [3.63, 3.8) is 0 Å². The minimum atomic E-state index is 0.0118. The molecule has 2 aromatic heterocycles. The maximum atomic E-state index is 13.1. The summed E-state index contributed by atoms with van der Waals surface area (Å²) in [4.78, 5) is 24.2. The Morgan fingerprint density at radius 3 is 2.65 bits per heavy atom. The van der Waals surface area contributed by atoms with E-state index >= 15 is 0 Å². The number of amides is 1. The summed E-state index contributed by atoms with van der Waals surface area (Å²) in [5.41, 5.74) is 4.42. The van der Waals surface area contributed by atoms with E-state index < -0.39 is 0 Å². The summed E-state index contributed by atoms with van der Waals surface area (Å²) in [7, 11) is 0. The number of hydrogen-bond acceptors (Lipinski definition) is 6. The standard InChI is InChI=1S/C27H27N3OS3/c1-2-16-30(25(31)18-33-27-29-22-10-6-7-11-24(22)34-27)26-28-23(17-32-26)21-14-12-20(13-15-21)19-8-4-3-5-9-19/h2,6-7,10-15,17,19H,1,3-5,8-9,16,18H2. The van der Waals surface area contributed by atoms with Gasteiger partial charge in [0.1, 0.15) is 0 Å². The van der Waals surface area contributed by atoms with Gasteiger partial charge in [-0.25, -0.2) is 9.97 Å². The Hall–Kier alpha value is -2.48.